The van der Waals surface area contributed by atoms with Crippen LogP contribution in [0.1, 0.15) is 82.6 Å². The van der Waals surface area contributed by atoms with E-state index in [0.29, 0.717) is 5.56 Å². The van der Waals surface area contributed by atoms with Crippen molar-refractivity contribution in [2.75, 3.05) is 7.11 Å². The van der Waals surface area contributed by atoms with Crippen molar-refractivity contribution in [3.8, 4) is 5.75 Å². The number of benzene rings is 1. The maximum absolute atomic E-state index is 14.5. The molecule has 0 aromatic heterocycles. The predicted molar refractivity (Wildman–Crippen MR) is 114 cm³/mol. The van der Waals surface area contributed by atoms with Crippen LogP contribution in [0.2, 0.25) is 0 Å². The highest BCUT2D eigenvalue weighted by atomic mass is 19.2. The van der Waals surface area contributed by atoms with Crippen LogP contribution in [0, 0.1) is 41.2 Å². The zero-order chi connectivity index (χ0) is 20.4. The van der Waals surface area contributed by atoms with Crippen LogP contribution < -0.4 is 4.74 Å². The quantitative estimate of drug-likeness (QED) is 0.470. The third-order valence-corrected chi connectivity index (χ3v) is 8.33. The van der Waals surface area contributed by atoms with Crippen molar-refractivity contribution in [3.63, 3.8) is 0 Å². The van der Waals surface area contributed by atoms with E-state index in [0.717, 1.165) is 42.4 Å². The van der Waals surface area contributed by atoms with Crippen molar-refractivity contribution in [1.29, 1.82) is 0 Å². The molecular weight excluding hydrogens is 366 g/mol. The molecule has 0 N–H and O–H groups in total. The van der Waals surface area contributed by atoms with Gasteiger partial charge in [0.05, 0.1) is 7.11 Å². The SMILES string of the molecule is C/C=C/C1CCC2CC(C3CCC(c4ccc(OC)c(F)c4F)CC3)CCC2C1. The normalized spacial score (nSPS) is 35.4. The molecule has 0 aliphatic heterocycles. The second-order valence-corrected chi connectivity index (χ2v) is 9.79. The van der Waals surface area contributed by atoms with E-state index in [-0.39, 0.29) is 11.7 Å². The molecule has 3 aliphatic rings. The summed E-state index contributed by atoms with van der Waals surface area (Å²) in [5.74, 6) is 2.94. The van der Waals surface area contributed by atoms with Gasteiger partial charge in [0.2, 0.25) is 5.82 Å². The van der Waals surface area contributed by atoms with Gasteiger partial charge in [0.1, 0.15) is 0 Å². The Morgan fingerprint density at radius 1 is 0.793 bits per heavy atom. The average Bonchev–Trinajstić information content (AvgIpc) is 2.76. The Hall–Kier alpha value is -1.38. The van der Waals surface area contributed by atoms with Crippen LogP contribution in [0.4, 0.5) is 8.78 Å². The Balaban J connectivity index is 1.32. The fourth-order valence-electron chi connectivity index (χ4n) is 6.76. The van der Waals surface area contributed by atoms with Crippen LogP contribution in [-0.2, 0) is 0 Å². The largest absolute Gasteiger partial charge is 0.494 e. The first kappa shape index (κ1) is 20.9. The number of fused-ring (bicyclic) bond motifs is 1. The molecule has 0 bridgehead atoms. The van der Waals surface area contributed by atoms with Crippen molar-refractivity contribution >= 4 is 0 Å². The van der Waals surface area contributed by atoms with Gasteiger partial charge >= 0.3 is 0 Å². The maximum atomic E-state index is 14.5. The third kappa shape index (κ3) is 4.39. The molecule has 0 saturated heterocycles. The Kier molecular flexibility index (Phi) is 6.61. The molecule has 3 heteroatoms. The smallest absolute Gasteiger partial charge is 0.200 e. The summed E-state index contributed by atoms with van der Waals surface area (Å²) >= 11 is 0. The number of methoxy groups -OCH3 is 1. The van der Waals surface area contributed by atoms with E-state index in [1.807, 2.05) is 0 Å². The molecule has 29 heavy (non-hydrogen) atoms. The molecule has 1 aromatic carbocycles. The highest BCUT2D eigenvalue weighted by Crippen LogP contribution is 2.50. The number of halogens is 2. The van der Waals surface area contributed by atoms with Crippen molar-refractivity contribution in [3.05, 3.63) is 41.5 Å². The van der Waals surface area contributed by atoms with Crippen LogP contribution in [0.3, 0.4) is 0 Å². The lowest BCUT2D eigenvalue weighted by atomic mass is 9.61. The van der Waals surface area contributed by atoms with Gasteiger partial charge < -0.3 is 4.74 Å². The molecule has 3 aliphatic carbocycles. The van der Waals surface area contributed by atoms with Gasteiger partial charge in [-0.15, -0.1) is 0 Å². The van der Waals surface area contributed by atoms with E-state index >= 15 is 0 Å². The highest BCUT2D eigenvalue weighted by molar-refractivity contribution is 5.33. The first-order valence-corrected chi connectivity index (χ1v) is 11.7. The van der Waals surface area contributed by atoms with Crippen LogP contribution in [0.5, 0.6) is 5.75 Å². The first-order valence-electron chi connectivity index (χ1n) is 11.7. The lowest BCUT2D eigenvalue weighted by Gasteiger charge is -2.45. The first-order chi connectivity index (χ1) is 14.1. The third-order valence-electron chi connectivity index (χ3n) is 8.33. The number of hydrogen-bond acceptors (Lipinski definition) is 1. The summed E-state index contributed by atoms with van der Waals surface area (Å²) in [6, 6.07) is 3.31. The van der Waals surface area contributed by atoms with Crippen molar-refractivity contribution in [2.45, 2.75) is 77.0 Å². The molecule has 3 fully saturated rings. The minimum Gasteiger partial charge on any atom is -0.494 e. The standard InChI is InChI=1S/C26H36F2O/c1-3-4-17-5-6-22-16-21(12-11-20(22)15-17)18-7-9-19(10-8-18)23-13-14-24(29-2)26(28)25(23)27/h3-4,13-14,17-22H,5-12,15-16H2,1-2H3/b4-3+. The summed E-state index contributed by atoms with van der Waals surface area (Å²) in [7, 11) is 1.38. The second kappa shape index (κ2) is 9.18. The minimum atomic E-state index is -0.834. The van der Waals surface area contributed by atoms with Gasteiger partial charge in [-0.1, -0.05) is 18.2 Å². The second-order valence-electron chi connectivity index (χ2n) is 9.79. The van der Waals surface area contributed by atoms with Crippen LogP contribution in [0.15, 0.2) is 24.3 Å². The minimum absolute atomic E-state index is 0.000782. The number of ether oxygens (including phenoxy) is 1. The van der Waals surface area contributed by atoms with Crippen LogP contribution in [0.25, 0.3) is 0 Å². The maximum Gasteiger partial charge on any atom is 0.200 e. The summed E-state index contributed by atoms with van der Waals surface area (Å²) in [4.78, 5) is 0. The summed E-state index contributed by atoms with van der Waals surface area (Å²) in [5.41, 5.74) is 0.549. The van der Waals surface area contributed by atoms with Gasteiger partial charge in [-0.3, -0.25) is 0 Å². The van der Waals surface area contributed by atoms with E-state index in [1.54, 1.807) is 12.1 Å². The molecule has 4 rings (SSSR count). The zero-order valence-electron chi connectivity index (χ0n) is 18.0. The van der Waals surface area contributed by atoms with Gasteiger partial charge in [-0.05, 0) is 118 Å². The van der Waals surface area contributed by atoms with Gasteiger partial charge in [0.25, 0.3) is 0 Å². The fourth-order valence-corrected chi connectivity index (χ4v) is 6.76. The summed E-state index contributed by atoms with van der Waals surface area (Å²) < 4.78 is 33.5. The fraction of sp³-hybridized carbons (Fsp3) is 0.692. The van der Waals surface area contributed by atoms with E-state index in [1.165, 1.54) is 58.5 Å². The lowest BCUT2D eigenvalue weighted by Crippen LogP contribution is -2.34. The predicted octanol–water partition coefficient (Wildman–Crippen LogP) is 7.66. The average molecular weight is 403 g/mol. The molecule has 3 saturated carbocycles. The van der Waals surface area contributed by atoms with E-state index in [2.05, 4.69) is 19.1 Å². The van der Waals surface area contributed by atoms with Crippen molar-refractivity contribution in [1.82, 2.24) is 0 Å². The van der Waals surface area contributed by atoms with Gasteiger partial charge in [-0.25, -0.2) is 4.39 Å². The Morgan fingerprint density at radius 3 is 2.10 bits per heavy atom. The van der Waals surface area contributed by atoms with E-state index in [9.17, 15) is 8.78 Å². The van der Waals surface area contributed by atoms with E-state index in [4.69, 9.17) is 4.74 Å². The number of allylic oxidation sites excluding steroid dienone is 2. The Labute approximate surface area is 174 Å². The molecule has 0 spiro atoms. The Bertz CT molecular complexity index is 720. The Morgan fingerprint density at radius 2 is 1.41 bits per heavy atom. The molecule has 0 radical (unpaired) electrons. The van der Waals surface area contributed by atoms with Crippen molar-refractivity contribution < 1.29 is 13.5 Å². The van der Waals surface area contributed by atoms with Crippen LogP contribution >= 0.6 is 0 Å². The van der Waals surface area contributed by atoms with Crippen LogP contribution in [-0.4, -0.2) is 7.11 Å². The zero-order valence-corrected chi connectivity index (χ0v) is 18.0. The van der Waals surface area contributed by atoms with Gasteiger partial charge in [-0.2, -0.15) is 4.39 Å². The molecule has 0 heterocycles. The van der Waals surface area contributed by atoms with Crippen molar-refractivity contribution in [2.24, 2.45) is 29.6 Å². The lowest BCUT2D eigenvalue weighted by molar-refractivity contribution is 0.0717. The van der Waals surface area contributed by atoms with Gasteiger partial charge in [0, 0.05) is 0 Å². The number of rotatable bonds is 4. The number of hydrogen-bond donors (Lipinski definition) is 0. The molecule has 4 unspecified atom stereocenters. The summed E-state index contributed by atoms with van der Waals surface area (Å²) in [5, 5.41) is 0. The molecule has 4 atom stereocenters. The summed E-state index contributed by atoms with van der Waals surface area (Å²) in [6.45, 7) is 2.14. The topological polar surface area (TPSA) is 9.23 Å². The van der Waals surface area contributed by atoms with E-state index < -0.39 is 11.6 Å². The monoisotopic (exact) mass is 402 g/mol. The molecule has 1 aromatic rings. The molecule has 160 valence electrons. The molecule has 1 nitrogen and oxygen atoms in total. The molecule has 0 amide bonds. The highest BCUT2D eigenvalue weighted by Gasteiger charge is 2.38. The summed E-state index contributed by atoms with van der Waals surface area (Å²) in [6.07, 6.45) is 17.3. The molecular formula is C26H36F2O. The van der Waals surface area contributed by atoms with Gasteiger partial charge in [0.15, 0.2) is 11.6 Å².